The molecule has 0 bridgehead atoms. The number of nitrogens with one attached hydrogen (secondary N) is 1. The van der Waals surface area contributed by atoms with Crippen molar-refractivity contribution >= 4 is 11.0 Å². The van der Waals surface area contributed by atoms with Gasteiger partial charge in [0.15, 0.2) is 0 Å². The van der Waals surface area contributed by atoms with Crippen molar-refractivity contribution in [3.8, 4) is 0 Å². The first-order valence-corrected chi connectivity index (χ1v) is 6.54. The smallest absolute Gasteiger partial charge is 0.134 e. The highest BCUT2D eigenvalue weighted by Gasteiger charge is 2.19. The molecule has 3 nitrogen and oxygen atoms in total. The van der Waals surface area contributed by atoms with Crippen molar-refractivity contribution in [2.24, 2.45) is 11.3 Å². The highest BCUT2D eigenvalue weighted by molar-refractivity contribution is 5.78. The lowest BCUT2D eigenvalue weighted by atomic mass is 9.88. The van der Waals surface area contributed by atoms with Gasteiger partial charge >= 0.3 is 0 Å². The predicted octanol–water partition coefficient (Wildman–Crippen LogP) is 3.90. The molecule has 2 aromatic rings. The van der Waals surface area contributed by atoms with E-state index in [1.807, 2.05) is 6.07 Å². The monoisotopic (exact) mass is 264 g/mol. The summed E-state index contributed by atoms with van der Waals surface area (Å²) in [5.41, 5.74) is 3.71. The van der Waals surface area contributed by atoms with Crippen LogP contribution in [0.15, 0.2) is 28.7 Å². The summed E-state index contributed by atoms with van der Waals surface area (Å²) in [7, 11) is 0. The molecule has 2 rings (SSSR count). The van der Waals surface area contributed by atoms with E-state index in [0.717, 1.165) is 24.0 Å². The number of hydrogen-bond acceptors (Lipinski definition) is 3. The van der Waals surface area contributed by atoms with E-state index in [4.69, 9.17) is 10.3 Å². The Labute approximate surface area is 112 Å². The number of hydrogen-bond donors (Lipinski definition) is 2. The largest absolute Gasteiger partial charge is 0.459 e. The van der Waals surface area contributed by atoms with E-state index in [2.05, 4.69) is 26.2 Å². The maximum Gasteiger partial charge on any atom is 0.134 e. The topological polar surface area (TPSA) is 51.2 Å². The van der Waals surface area contributed by atoms with Crippen LogP contribution in [0.5, 0.6) is 0 Å². The molecule has 104 valence electrons. The summed E-state index contributed by atoms with van der Waals surface area (Å²) in [6.45, 7) is 6.57. The van der Waals surface area contributed by atoms with Gasteiger partial charge in [-0.05, 0) is 42.5 Å². The molecule has 1 unspecified atom stereocenters. The minimum Gasteiger partial charge on any atom is -0.459 e. The van der Waals surface area contributed by atoms with Gasteiger partial charge in [-0.15, -0.1) is 0 Å². The van der Waals surface area contributed by atoms with Gasteiger partial charge in [0.25, 0.3) is 0 Å². The van der Waals surface area contributed by atoms with Gasteiger partial charge in [-0.3, -0.25) is 5.84 Å². The summed E-state index contributed by atoms with van der Waals surface area (Å²) in [6, 6.07) is 6.32. The highest BCUT2D eigenvalue weighted by Crippen LogP contribution is 2.30. The number of rotatable bonds is 4. The molecule has 4 heteroatoms. The van der Waals surface area contributed by atoms with Crippen molar-refractivity contribution in [3.05, 3.63) is 35.8 Å². The summed E-state index contributed by atoms with van der Waals surface area (Å²) in [6.07, 6.45) is 1.90. The molecule has 1 aromatic heterocycles. The Bertz CT molecular complexity index is 557. The van der Waals surface area contributed by atoms with Gasteiger partial charge in [-0.1, -0.05) is 20.8 Å². The second-order valence-corrected chi connectivity index (χ2v) is 6.15. The fourth-order valence-corrected chi connectivity index (χ4v) is 2.09. The van der Waals surface area contributed by atoms with Crippen molar-refractivity contribution < 1.29 is 8.81 Å². The summed E-state index contributed by atoms with van der Waals surface area (Å²) in [5.74, 6) is 6.10. The van der Waals surface area contributed by atoms with E-state index in [1.54, 1.807) is 6.07 Å². The van der Waals surface area contributed by atoms with Gasteiger partial charge in [0.1, 0.15) is 17.2 Å². The standard InChI is InChI=1S/C15H21FN2O/c1-15(2,3)7-6-12(18-17)14-9-10-8-11(16)4-5-13(10)19-14/h4-5,8-9,12,18H,6-7,17H2,1-3H3. The number of benzene rings is 1. The quantitative estimate of drug-likeness (QED) is 0.650. The van der Waals surface area contributed by atoms with Gasteiger partial charge in [-0.2, -0.15) is 0 Å². The Morgan fingerprint density at radius 2 is 2.05 bits per heavy atom. The van der Waals surface area contributed by atoms with Crippen LogP contribution in [0.1, 0.15) is 45.4 Å². The van der Waals surface area contributed by atoms with E-state index >= 15 is 0 Å². The van der Waals surface area contributed by atoms with Gasteiger partial charge < -0.3 is 4.42 Å². The van der Waals surface area contributed by atoms with Crippen molar-refractivity contribution in [2.45, 2.75) is 39.7 Å². The molecule has 0 saturated heterocycles. The molecule has 1 atom stereocenters. The van der Waals surface area contributed by atoms with E-state index in [-0.39, 0.29) is 17.3 Å². The Morgan fingerprint density at radius 3 is 2.68 bits per heavy atom. The molecule has 0 aliphatic rings. The van der Waals surface area contributed by atoms with E-state index < -0.39 is 0 Å². The zero-order valence-electron chi connectivity index (χ0n) is 11.7. The number of hydrazine groups is 1. The zero-order valence-corrected chi connectivity index (χ0v) is 11.7. The molecule has 1 heterocycles. The highest BCUT2D eigenvalue weighted by atomic mass is 19.1. The summed E-state index contributed by atoms with van der Waals surface area (Å²) < 4.78 is 18.9. The Morgan fingerprint density at radius 1 is 1.32 bits per heavy atom. The van der Waals surface area contributed by atoms with Gasteiger partial charge in [0, 0.05) is 5.39 Å². The first-order chi connectivity index (χ1) is 8.89. The Kier molecular flexibility index (Phi) is 3.92. The summed E-state index contributed by atoms with van der Waals surface area (Å²) >= 11 is 0. The van der Waals surface area contributed by atoms with Crippen LogP contribution in [-0.4, -0.2) is 0 Å². The third-order valence-electron chi connectivity index (χ3n) is 3.23. The first-order valence-electron chi connectivity index (χ1n) is 6.54. The normalized spacial score (nSPS) is 13.9. The van der Waals surface area contributed by atoms with Crippen LogP contribution in [0, 0.1) is 11.2 Å². The third-order valence-corrected chi connectivity index (χ3v) is 3.23. The van der Waals surface area contributed by atoms with Gasteiger partial charge in [-0.25, -0.2) is 9.82 Å². The van der Waals surface area contributed by atoms with Gasteiger partial charge in [0.2, 0.25) is 0 Å². The molecular formula is C15H21FN2O. The lowest BCUT2D eigenvalue weighted by molar-refractivity contribution is 0.315. The molecule has 0 aliphatic carbocycles. The minimum absolute atomic E-state index is 0.0466. The molecular weight excluding hydrogens is 243 g/mol. The number of fused-ring (bicyclic) bond motifs is 1. The molecule has 0 radical (unpaired) electrons. The summed E-state index contributed by atoms with van der Waals surface area (Å²) in [5, 5.41) is 0.769. The fourth-order valence-electron chi connectivity index (χ4n) is 2.09. The molecule has 1 aromatic carbocycles. The molecule has 0 aliphatic heterocycles. The molecule has 3 N–H and O–H groups in total. The van der Waals surface area contributed by atoms with E-state index in [0.29, 0.717) is 5.58 Å². The van der Waals surface area contributed by atoms with Crippen LogP contribution >= 0.6 is 0 Å². The second kappa shape index (κ2) is 5.31. The average Bonchev–Trinajstić information content (AvgIpc) is 2.71. The number of nitrogens with two attached hydrogens (primary N) is 1. The maximum absolute atomic E-state index is 13.2. The fraction of sp³-hybridized carbons (Fsp3) is 0.467. The van der Waals surface area contributed by atoms with Crippen LogP contribution < -0.4 is 11.3 Å². The molecule has 19 heavy (non-hydrogen) atoms. The Balaban J connectivity index is 2.20. The molecule has 0 spiro atoms. The maximum atomic E-state index is 13.2. The zero-order chi connectivity index (χ0) is 14.0. The molecule has 0 saturated carbocycles. The van der Waals surface area contributed by atoms with Crippen molar-refractivity contribution in [1.82, 2.24) is 5.43 Å². The first kappa shape index (κ1) is 14.0. The van der Waals surface area contributed by atoms with Crippen LogP contribution in [0.25, 0.3) is 11.0 Å². The van der Waals surface area contributed by atoms with Crippen molar-refractivity contribution in [2.75, 3.05) is 0 Å². The molecule has 0 amide bonds. The van der Waals surface area contributed by atoms with Crippen LogP contribution in [0.3, 0.4) is 0 Å². The van der Waals surface area contributed by atoms with E-state index in [9.17, 15) is 4.39 Å². The van der Waals surface area contributed by atoms with Crippen molar-refractivity contribution in [3.63, 3.8) is 0 Å². The average molecular weight is 264 g/mol. The number of furan rings is 1. The van der Waals surface area contributed by atoms with Crippen LogP contribution in [0.2, 0.25) is 0 Å². The van der Waals surface area contributed by atoms with Crippen molar-refractivity contribution in [1.29, 1.82) is 0 Å². The minimum atomic E-state index is -0.258. The second-order valence-electron chi connectivity index (χ2n) is 6.15. The number of halogens is 1. The predicted molar refractivity (Wildman–Crippen MR) is 74.9 cm³/mol. The SMILES string of the molecule is CC(C)(C)CCC(NN)c1cc2cc(F)ccc2o1. The van der Waals surface area contributed by atoms with Gasteiger partial charge in [0.05, 0.1) is 6.04 Å². The summed E-state index contributed by atoms with van der Waals surface area (Å²) in [4.78, 5) is 0. The lowest BCUT2D eigenvalue weighted by Crippen LogP contribution is -2.28. The third kappa shape index (κ3) is 3.55. The van der Waals surface area contributed by atoms with Crippen LogP contribution in [-0.2, 0) is 0 Å². The molecule has 0 fully saturated rings. The van der Waals surface area contributed by atoms with E-state index in [1.165, 1.54) is 12.1 Å². The van der Waals surface area contributed by atoms with Crippen LogP contribution in [0.4, 0.5) is 4.39 Å². The Hall–Kier alpha value is -1.39. The lowest BCUT2D eigenvalue weighted by Gasteiger charge is -2.21.